The van der Waals surface area contributed by atoms with Crippen LogP contribution in [-0.4, -0.2) is 32.0 Å². The van der Waals surface area contributed by atoms with E-state index in [0.717, 1.165) is 0 Å². The lowest BCUT2D eigenvalue weighted by Gasteiger charge is -2.22. The molecule has 0 aliphatic rings. The van der Waals surface area contributed by atoms with Gasteiger partial charge >= 0.3 is 6.18 Å². The smallest absolute Gasteiger partial charge is 0.399 e. The van der Waals surface area contributed by atoms with Crippen LogP contribution in [-0.2, 0) is 15.8 Å². The zero-order chi connectivity index (χ0) is 15.4. The third kappa shape index (κ3) is 5.38. The molecule has 0 unspecified atom stereocenters. The summed E-state index contributed by atoms with van der Waals surface area (Å²) in [5, 5.41) is 0. The maximum absolute atomic E-state index is 12.4. The van der Waals surface area contributed by atoms with Crippen molar-refractivity contribution >= 4 is 15.7 Å². The van der Waals surface area contributed by atoms with Crippen molar-refractivity contribution in [1.29, 1.82) is 0 Å². The van der Waals surface area contributed by atoms with Gasteiger partial charge in [0.2, 0.25) is 10.0 Å². The number of nitrogens with two attached hydrogens (primary N) is 1. The standard InChI is InChI=1S/C12H17F3N2O2S/c1-2-7-17(9-12(13,14)15)20(18,19)8-10-3-5-11(16)6-4-10/h3-6H,2,7-9,16H2,1H3. The van der Waals surface area contributed by atoms with Gasteiger partial charge in [-0.15, -0.1) is 0 Å². The quantitative estimate of drug-likeness (QED) is 0.821. The number of alkyl halides is 3. The highest BCUT2D eigenvalue weighted by atomic mass is 32.2. The molecule has 8 heteroatoms. The predicted molar refractivity (Wildman–Crippen MR) is 71.4 cm³/mol. The SMILES string of the molecule is CCCN(CC(F)(F)F)S(=O)(=O)Cc1ccc(N)cc1. The molecule has 0 saturated heterocycles. The molecule has 0 aliphatic heterocycles. The highest BCUT2D eigenvalue weighted by Gasteiger charge is 2.35. The van der Waals surface area contributed by atoms with Gasteiger partial charge in [-0.1, -0.05) is 19.1 Å². The van der Waals surface area contributed by atoms with E-state index in [-0.39, 0.29) is 6.54 Å². The van der Waals surface area contributed by atoms with Gasteiger partial charge in [0, 0.05) is 12.2 Å². The number of halogens is 3. The first kappa shape index (κ1) is 16.8. The summed E-state index contributed by atoms with van der Waals surface area (Å²) >= 11 is 0. The lowest BCUT2D eigenvalue weighted by molar-refractivity contribution is -0.136. The molecule has 0 aromatic heterocycles. The molecule has 0 spiro atoms. The number of sulfonamides is 1. The van der Waals surface area contributed by atoms with Crippen molar-refractivity contribution in [2.45, 2.75) is 25.3 Å². The summed E-state index contributed by atoms with van der Waals surface area (Å²) in [6.07, 6.45) is -4.24. The monoisotopic (exact) mass is 310 g/mol. The highest BCUT2D eigenvalue weighted by molar-refractivity contribution is 7.88. The van der Waals surface area contributed by atoms with Gasteiger partial charge in [0.15, 0.2) is 0 Å². The summed E-state index contributed by atoms with van der Waals surface area (Å²) in [5.41, 5.74) is 6.34. The van der Waals surface area contributed by atoms with Crippen LogP contribution in [0.3, 0.4) is 0 Å². The first-order valence-corrected chi connectivity index (χ1v) is 7.64. The minimum Gasteiger partial charge on any atom is -0.399 e. The van der Waals surface area contributed by atoms with E-state index in [0.29, 0.717) is 22.0 Å². The minimum absolute atomic E-state index is 0.156. The Labute approximate surface area is 116 Å². The van der Waals surface area contributed by atoms with E-state index in [4.69, 9.17) is 5.73 Å². The van der Waals surface area contributed by atoms with Gasteiger partial charge in [0.1, 0.15) is 6.54 Å². The molecule has 1 aromatic carbocycles. The molecular formula is C12H17F3N2O2S. The van der Waals surface area contributed by atoms with Crippen molar-refractivity contribution in [3.63, 3.8) is 0 Å². The second kappa shape index (κ2) is 6.45. The molecule has 20 heavy (non-hydrogen) atoms. The van der Waals surface area contributed by atoms with Crippen LogP contribution in [0.5, 0.6) is 0 Å². The number of hydrogen-bond acceptors (Lipinski definition) is 3. The van der Waals surface area contributed by atoms with Crippen molar-refractivity contribution in [3.05, 3.63) is 29.8 Å². The molecular weight excluding hydrogens is 293 g/mol. The average molecular weight is 310 g/mol. The second-order valence-corrected chi connectivity index (χ2v) is 6.42. The van der Waals surface area contributed by atoms with Crippen molar-refractivity contribution in [1.82, 2.24) is 4.31 Å². The van der Waals surface area contributed by atoms with Gasteiger partial charge in [-0.05, 0) is 24.1 Å². The van der Waals surface area contributed by atoms with E-state index < -0.39 is 28.5 Å². The zero-order valence-corrected chi connectivity index (χ0v) is 11.8. The van der Waals surface area contributed by atoms with Crippen molar-refractivity contribution in [2.24, 2.45) is 0 Å². The molecule has 0 bridgehead atoms. The second-order valence-electron chi connectivity index (χ2n) is 4.45. The van der Waals surface area contributed by atoms with Gasteiger partial charge in [0.05, 0.1) is 5.75 Å². The Balaban J connectivity index is 2.90. The molecule has 0 saturated carbocycles. The van der Waals surface area contributed by atoms with Crippen LogP contribution in [0, 0.1) is 0 Å². The average Bonchev–Trinajstić information content (AvgIpc) is 2.30. The molecule has 0 amide bonds. The maximum atomic E-state index is 12.4. The number of anilines is 1. The molecule has 0 aliphatic carbocycles. The Morgan fingerprint density at radius 1 is 1.20 bits per heavy atom. The van der Waals surface area contributed by atoms with Crippen LogP contribution >= 0.6 is 0 Å². The van der Waals surface area contributed by atoms with Gasteiger partial charge in [-0.3, -0.25) is 0 Å². The summed E-state index contributed by atoms with van der Waals surface area (Å²) in [7, 11) is -4.01. The lowest BCUT2D eigenvalue weighted by atomic mass is 10.2. The molecule has 0 radical (unpaired) electrons. The Morgan fingerprint density at radius 3 is 2.20 bits per heavy atom. The molecule has 4 nitrogen and oxygen atoms in total. The Morgan fingerprint density at radius 2 is 1.75 bits per heavy atom. The first-order chi connectivity index (χ1) is 9.14. The van der Waals surface area contributed by atoms with Gasteiger partial charge < -0.3 is 5.73 Å². The fraction of sp³-hybridized carbons (Fsp3) is 0.500. The first-order valence-electron chi connectivity index (χ1n) is 6.03. The van der Waals surface area contributed by atoms with Crippen LogP contribution in [0.2, 0.25) is 0 Å². The largest absolute Gasteiger partial charge is 0.402 e. The number of nitrogen functional groups attached to an aromatic ring is 1. The van der Waals surface area contributed by atoms with Crippen LogP contribution in [0.15, 0.2) is 24.3 Å². The summed E-state index contributed by atoms with van der Waals surface area (Å²) in [5.74, 6) is -0.469. The molecule has 1 rings (SSSR count). The van der Waals surface area contributed by atoms with Crippen molar-refractivity contribution in [3.8, 4) is 0 Å². The summed E-state index contributed by atoms with van der Waals surface area (Å²) in [6, 6.07) is 6.01. The number of hydrogen-bond donors (Lipinski definition) is 1. The summed E-state index contributed by atoms with van der Waals surface area (Å²) < 4.78 is 61.9. The number of rotatable bonds is 6. The Bertz CT molecular complexity index is 527. The molecule has 0 fully saturated rings. The topological polar surface area (TPSA) is 63.4 Å². The van der Waals surface area contributed by atoms with Gasteiger partial charge in [-0.2, -0.15) is 17.5 Å². The van der Waals surface area contributed by atoms with Crippen molar-refractivity contribution in [2.75, 3.05) is 18.8 Å². The fourth-order valence-electron chi connectivity index (χ4n) is 1.68. The van der Waals surface area contributed by atoms with E-state index >= 15 is 0 Å². The Kier molecular flexibility index (Phi) is 5.41. The maximum Gasteiger partial charge on any atom is 0.402 e. The number of benzene rings is 1. The minimum atomic E-state index is -4.55. The van der Waals surface area contributed by atoms with E-state index in [1.54, 1.807) is 6.92 Å². The van der Waals surface area contributed by atoms with Crippen LogP contribution in [0.4, 0.5) is 18.9 Å². The molecule has 114 valence electrons. The number of nitrogens with zero attached hydrogens (tertiary/aromatic N) is 1. The molecule has 0 atom stereocenters. The van der Waals surface area contributed by atoms with E-state index in [1.165, 1.54) is 24.3 Å². The van der Waals surface area contributed by atoms with Gasteiger partial charge in [-0.25, -0.2) is 8.42 Å². The zero-order valence-electron chi connectivity index (χ0n) is 11.0. The van der Waals surface area contributed by atoms with Gasteiger partial charge in [0.25, 0.3) is 0 Å². The van der Waals surface area contributed by atoms with E-state index in [2.05, 4.69) is 0 Å². The third-order valence-corrected chi connectivity index (χ3v) is 4.35. The van der Waals surface area contributed by atoms with Crippen LogP contribution in [0.25, 0.3) is 0 Å². The lowest BCUT2D eigenvalue weighted by Crippen LogP contribution is -2.40. The molecule has 0 heterocycles. The van der Waals surface area contributed by atoms with Crippen LogP contribution in [0.1, 0.15) is 18.9 Å². The normalized spacial score (nSPS) is 12.8. The predicted octanol–water partition coefficient (Wildman–Crippen LogP) is 2.37. The molecule has 2 N–H and O–H groups in total. The van der Waals surface area contributed by atoms with E-state index in [1.807, 2.05) is 0 Å². The van der Waals surface area contributed by atoms with Crippen molar-refractivity contribution < 1.29 is 21.6 Å². The Hall–Kier alpha value is -1.28. The summed E-state index contributed by atoms with van der Waals surface area (Å²) in [4.78, 5) is 0. The fourth-order valence-corrected chi connectivity index (χ4v) is 3.28. The highest BCUT2D eigenvalue weighted by Crippen LogP contribution is 2.21. The third-order valence-electron chi connectivity index (χ3n) is 2.55. The summed E-state index contributed by atoms with van der Waals surface area (Å²) in [6.45, 7) is 0.0110. The molecule has 1 aromatic rings. The van der Waals surface area contributed by atoms with E-state index in [9.17, 15) is 21.6 Å². The van der Waals surface area contributed by atoms with Crippen LogP contribution < -0.4 is 5.73 Å².